The number of hydrogen-bond donors (Lipinski definition) is 0. The van der Waals surface area contributed by atoms with Crippen molar-refractivity contribution in [3.05, 3.63) is 119 Å². The summed E-state index contributed by atoms with van der Waals surface area (Å²) in [5.41, 5.74) is 0. The number of benzene rings is 19. The van der Waals surface area contributed by atoms with Crippen LogP contribution in [0.5, 0.6) is 0 Å². The maximum Gasteiger partial charge on any atom is 0.0800 e. The maximum absolute atomic E-state index is 8.03. The number of halogens is 24. The molecule has 19 aromatic rings. The molecule has 24 heteroatoms. The number of hydrogen-bond acceptors (Lipinski definition) is 0. The molecule has 84 heavy (non-hydrogen) atoms. The van der Waals surface area contributed by atoms with Gasteiger partial charge in [0.25, 0.3) is 0 Å². The zero-order chi connectivity index (χ0) is 58.6. The van der Waals surface area contributed by atoms with Crippen LogP contribution in [0.2, 0.25) is 116 Å². The van der Waals surface area contributed by atoms with Gasteiger partial charge in [0.15, 0.2) is 0 Å². The quantitative estimate of drug-likeness (QED) is 0.0467. The Morgan fingerprint density at radius 1 is 0.0952 bits per heavy atom. The van der Waals surface area contributed by atoms with Crippen molar-refractivity contribution >= 4 is 483 Å². The molecule has 0 amide bonds. The summed E-state index contributed by atoms with van der Waals surface area (Å²) >= 11 is 178. The Hall–Kier alpha value is -0.400. The Morgan fingerprint density at radius 2 is 0.179 bits per heavy atom. The van der Waals surface area contributed by atoms with Gasteiger partial charge in [-0.3, -0.25) is 0 Å². The fourth-order valence-corrected chi connectivity index (χ4v) is 22.5. The predicted molar refractivity (Wildman–Crippen MR) is 390 cm³/mol. The van der Waals surface area contributed by atoms with Gasteiger partial charge in [0.05, 0.1) is 119 Å². The fraction of sp³-hybridized carbons (Fsp3) is 0. The second kappa shape index (κ2) is 17.1. The molecule has 0 atom stereocenters. The second-order valence-electron chi connectivity index (χ2n) is 21.0. The smallest absolute Gasteiger partial charge is 0.0800 e. The minimum Gasteiger partial charge on any atom is -0.0824 e. The summed E-state index contributed by atoms with van der Waals surface area (Å²) in [6.45, 7) is 0. The van der Waals surface area contributed by atoms with Gasteiger partial charge in [0, 0.05) is 194 Å². The van der Waals surface area contributed by atoms with Crippen LogP contribution >= 0.6 is 289 Å². The van der Waals surface area contributed by atoms with Crippen LogP contribution in [0.15, 0.2) is 0 Å². The first-order chi connectivity index (χ1) is 39.9. The van der Waals surface area contributed by atoms with Crippen molar-refractivity contribution in [1.82, 2.24) is 0 Å². The van der Waals surface area contributed by atoms with Crippen LogP contribution in [0.25, 0.3) is 194 Å². The van der Waals surface area contributed by atoms with E-state index in [1.807, 2.05) is 0 Å². The Morgan fingerprint density at radius 3 is 0.321 bits per heavy atom. The highest BCUT2D eigenvalue weighted by Gasteiger charge is 2.43. The summed E-state index contributed by atoms with van der Waals surface area (Å²) in [6.07, 6.45) is 0. The molecule has 0 N–H and O–H groups in total. The largest absolute Gasteiger partial charge is 0.0824 e. The lowest BCUT2D eigenvalue weighted by atomic mass is 9.70. The van der Waals surface area contributed by atoms with Crippen molar-refractivity contribution in [3.8, 4) is 0 Å². The first kappa shape index (κ1) is 55.3. The van der Waals surface area contributed by atoms with Crippen molar-refractivity contribution in [2.75, 3.05) is 0 Å². The molecule has 0 aromatic heterocycles. The molecule has 0 aliphatic carbocycles. The van der Waals surface area contributed by atoms with E-state index < -0.39 is 0 Å². The second-order valence-corrected chi connectivity index (χ2v) is 30.8. The average Bonchev–Trinajstić information content (AvgIpc) is 0.637. The van der Waals surface area contributed by atoms with Crippen LogP contribution in [-0.2, 0) is 0 Å². The van der Waals surface area contributed by atoms with E-state index in [-0.39, 0.29) is 137 Å². The van der Waals surface area contributed by atoms with Gasteiger partial charge in [-0.05, 0) is 22.6 Å². The molecule has 0 spiro atoms. The van der Waals surface area contributed by atoms with Gasteiger partial charge in [-0.1, -0.05) is 267 Å². The molecule has 0 aliphatic heterocycles. The van der Waals surface area contributed by atoms with Crippen molar-refractivity contribution in [2.24, 2.45) is 0 Å². The lowest BCUT2D eigenvalue weighted by Gasteiger charge is -2.34. The van der Waals surface area contributed by atoms with E-state index in [0.29, 0.717) is 176 Å². The molecular weight excluding hydrogens is 1660 g/mol. The highest BCUT2D eigenvalue weighted by atomic mass is 127. The summed E-state index contributed by atoms with van der Waals surface area (Å²) in [6, 6.07) is 0. The van der Waals surface area contributed by atoms with E-state index in [4.69, 9.17) is 267 Å². The van der Waals surface area contributed by atoms with E-state index in [0.717, 1.165) is 0 Å². The Balaban J connectivity index is 1.35. The molecule has 0 saturated carbocycles. The average molecular weight is 1660 g/mol. The molecule has 0 radical (unpaired) electrons. The highest BCUT2D eigenvalue weighted by Crippen LogP contribution is 2.72. The fourth-order valence-electron chi connectivity index (χ4n) is 15.5. The topological polar surface area (TPSA) is 0 Å². The first-order valence-electron chi connectivity index (χ1n) is 24.0. The van der Waals surface area contributed by atoms with Gasteiger partial charge in [0.2, 0.25) is 0 Å². The minimum absolute atomic E-state index is 0.00604. The van der Waals surface area contributed by atoms with Crippen molar-refractivity contribution < 1.29 is 0 Å². The molecular formula is C60Cl23I. The van der Waals surface area contributed by atoms with Gasteiger partial charge >= 0.3 is 0 Å². The van der Waals surface area contributed by atoms with Gasteiger partial charge in [-0.2, -0.15) is 0 Å². The first-order valence-corrected chi connectivity index (χ1v) is 33.8. The van der Waals surface area contributed by atoms with Crippen molar-refractivity contribution in [2.45, 2.75) is 0 Å². The van der Waals surface area contributed by atoms with Crippen LogP contribution < -0.4 is 0 Å². The van der Waals surface area contributed by atoms with E-state index in [1.54, 1.807) is 0 Å². The van der Waals surface area contributed by atoms with Crippen LogP contribution in [0.4, 0.5) is 0 Å². The van der Waals surface area contributed by atoms with Gasteiger partial charge < -0.3 is 0 Å². The summed E-state index contributed by atoms with van der Waals surface area (Å²) in [4.78, 5) is 0. The zero-order valence-electron chi connectivity index (χ0n) is 39.1. The van der Waals surface area contributed by atoms with Crippen molar-refractivity contribution in [3.63, 3.8) is 0 Å². The molecule has 19 rings (SSSR count). The Labute approximate surface area is 594 Å². The number of fused-ring (bicyclic) bond motifs is 12. The lowest BCUT2D eigenvalue weighted by molar-refractivity contribution is 1.73. The normalized spacial score (nSPS) is 13.7. The van der Waals surface area contributed by atoms with Crippen LogP contribution in [-0.4, -0.2) is 0 Å². The summed E-state index contributed by atoms with van der Waals surface area (Å²) in [5, 5.41) is 18.4. The van der Waals surface area contributed by atoms with Gasteiger partial charge in [-0.15, -0.1) is 0 Å². The molecule has 408 valence electrons. The maximum atomic E-state index is 8.03. The molecule has 0 aliphatic rings. The van der Waals surface area contributed by atoms with E-state index >= 15 is 0 Å². The van der Waals surface area contributed by atoms with Crippen molar-refractivity contribution in [1.29, 1.82) is 0 Å². The molecule has 0 unspecified atom stereocenters. The molecule has 0 fully saturated rings. The van der Waals surface area contributed by atoms with Gasteiger partial charge in [0.1, 0.15) is 0 Å². The third-order valence-electron chi connectivity index (χ3n) is 18.1. The van der Waals surface area contributed by atoms with Gasteiger partial charge in [-0.25, -0.2) is 0 Å². The highest BCUT2D eigenvalue weighted by molar-refractivity contribution is 14.1. The monoisotopic (exact) mass is 1650 g/mol. The van der Waals surface area contributed by atoms with Crippen LogP contribution in [0.3, 0.4) is 0 Å². The van der Waals surface area contributed by atoms with E-state index in [2.05, 4.69) is 22.6 Å². The summed E-state index contributed by atoms with van der Waals surface area (Å²) in [7, 11) is 0. The molecule has 0 saturated heterocycles. The minimum atomic E-state index is -0.0537. The van der Waals surface area contributed by atoms with Crippen LogP contribution in [0.1, 0.15) is 0 Å². The molecule has 19 aromatic carbocycles. The summed E-state index contributed by atoms with van der Waals surface area (Å²) in [5.74, 6) is 0. The molecule has 0 bridgehead atoms. The number of rotatable bonds is 0. The SMILES string of the molecule is Clc1c(Cl)c(Cl)c2c(c1Cl)c1c(Cl)c(Cl)c3c4c(Cl)c(Cl)c5c6c(Cl)c(Cl)c(Cl)c(Cl)c6c6c(Cl)c(Cl)c7c8c(Cl)c(Cl)c9c%10c(Cl)c(I)c(Cl)c(Cl)c%10c%10c(Cl)c(Cl)c%11c%12c(Cl)c(Cl)c2c2c1c3c1c(c%122)c2c%11c%10c9c8c2c2c7c6c5c4c12. The van der Waals surface area contributed by atoms with E-state index in [9.17, 15) is 0 Å². The summed E-state index contributed by atoms with van der Waals surface area (Å²) < 4.78 is 0.437. The zero-order valence-corrected chi connectivity index (χ0v) is 58.6. The third-order valence-corrected chi connectivity index (χ3v) is 29.8. The Kier molecular flexibility index (Phi) is 11.2. The third kappa shape index (κ3) is 5.46. The predicted octanol–water partition coefficient (Wildman–Crippen LogP) is 33.0. The molecule has 0 nitrogen and oxygen atoms in total. The Bertz CT molecular complexity index is 5560. The molecule has 0 heterocycles. The lowest BCUT2D eigenvalue weighted by Crippen LogP contribution is -2.05. The standard InChI is InChI=1S/C60Cl23I/c61-37-19-7-1-2-4-6-5-3(1)9-15-13(7)25(43(37)67)31-33(51(75)57(81)55(79)49(31)73)27(15)45(69)39(63)21(9)23-11(5)17-18-12(6)24(42(66)48(72)30(18)36-35(29(17)47(71)41(23)65)53(77)59(83)60(84)54(36)78)22-10(4)16-14-8(2)20(19)38(62)44(68)26(14)32-34(28(16)46(70)40(22)64)52(76)58(82)56(80)50(32)74. The van der Waals surface area contributed by atoms with Crippen LogP contribution in [0, 0.1) is 3.57 Å². The van der Waals surface area contributed by atoms with E-state index in [1.165, 1.54) is 0 Å².